The van der Waals surface area contributed by atoms with E-state index in [1.807, 2.05) is 18.5 Å². The van der Waals surface area contributed by atoms with Crippen molar-refractivity contribution in [1.29, 1.82) is 5.41 Å². The van der Waals surface area contributed by atoms with E-state index in [9.17, 15) is 4.39 Å². The summed E-state index contributed by atoms with van der Waals surface area (Å²) in [4.78, 5) is 0. The van der Waals surface area contributed by atoms with Gasteiger partial charge in [0, 0.05) is 11.3 Å². The van der Waals surface area contributed by atoms with Crippen molar-refractivity contribution in [3.8, 4) is 0 Å². The Bertz CT molecular complexity index is 658. The zero-order chi connectivity index (χ0) is 14.9. The highest BCUT2D eigenvalue weighted by Gasteiger charge is 2.11. The van der Waals surface area contributed by atoms with E-state index in [-0.39, 0.29) is 11.7 Å². The van der Waals surface area contributed by atoms with Crippen molar-refractivity contribution in [2.24, 2.45) is 5.73 Å². The van der Waals surface area contributed by atoms with E-state index in [0.717, 1.165) is 23.4 Å². The number of amidine groups is 1. The Kier molecular flexibility index (Phi) is 3.88. The lowest BCUT2D eigenvalue weighted by atomic mass is 10.1. The van der Waals surface area contributed by atoms with Gasteiger partial charge in [0.2, 0.25) is 0 Å². The summed E-state index contributed by atoms with van der Waals surface area (Å²) >= 11 is 0. The van der Waals surface area contributed by atoms with Crippen LogP contribution in [-0.4, -0.2) is 15.6 Å². The molecule has 1 heterocycles. The lowest BCUT2D eigenvalue weighted by Gasteiger charge is -2.08. The third-order valence-corrected chi connectivity index (χ3v) is 3.49. The van der Waals surface area contributed by atoms with Crippen LogP contribution < -0.4 is 5.73 Å². The molecule has 0 saturated heterocycles. The molecule has 106 valence electrons. The molecule has 0 spiro atoms. The number of aryl methyl sites for hydroxylation is 1. The predicted octanol–water partition coefficient (Wildman–Crippen LogP) is 2.53. The lowest BCUT2D eigenvalue weighted by molar-refractivity contribution is 0.615. The van der Waals surface area contributed by atoms with E-state index >= 15 is 0 Å². The first kappa shape index (κ1) is 14.2. The van der Waals surface area contributed by atoms with Crippen molar-refractivity contribution in [2.75, 3.05) is 0 Å². The van der Waals surface area contributed by atoms with Gasteiger partial charge < -0.3 is 5.73 Å². The van der Waals surface area contributed by atoms with Crippen molar-refractivity contribution in [1.82, 2.24) is 9.78 Å². The van der Waals surface area contributed by atoms with Crippen molar-refractivity contribution >= 4 is 5.84 Å². The highest BCUT2D eigenvalue weighted by Crippen LogP contribution is 2.16. The molecule has 1 aromatic heterocycles. The molecule has 2 aromatic rings. The highest BCUT2D eigenvalue weighted by molar-refractivity contribution is 5.95. The molecule has 0 fully saturated rings. The van der Waals surface area contributed by atoms with E-state index in [0.29, 0.717) is 12.1 Å². The molecule has 0 bridgehead atoms. The minimum absolute atomic E-state index is 0.131. The van der Waals surface area contributed by atoms with Crippen LogP contribution in [0.2, 0.25) is 0 Å². The van der Waals surface area contributed by atoms with Gasteiger partial charge in [-0.3, -0.25) is 10.1 Å². The number of hydrogen-bond donors (Lipinski definition) is 2. The Labute approximate surface area is 117 Å². The van der Waals surface area contributed by atoms with E-state index in [1.165, 1.54) is 17.7 Å². The fourth-order valence-corrected chi connectivity index (χ4v) is 2.47. The number of nitrogen functional groups attached to an aromatic ring is 1. The second-order valence-corrected chi connectivity index (χ2v) is 4.92. The summed E-state index contributed by atoms with van der Waals surface area (Å²) in [6, 6.07) is 4.45. The largest absolute Gasteiger partial charge is 0.384 e. The molecule has 5 heteroatoms. The molecule has 0 aliphatic rings. The summed E-state index contributed by atoms with van der Waals surface area (Å²) in [5, 5.41) is 11.9. The molecule has 4 nitrogen and oxygen atoms in total. The van der Waals surface area contributed by atoms with Crippen molar-refractivity contribution in [3.05, 3.63) is 52.1 Å². The van der Waals surface area contributed by atoms with Gasteiger partial charge in [-0.1, -0.05) is 6.92 Å². The van der Waals surface area contributed by atoms with E-state index in [4.69, 9.17) is 11.1 Å². The summed E-state index contributed by atoms with van der Waals surface area (Å²) in [5.41, 5.74) is 9.91. The second-order valence-electron chi connectivity index (χ2n) is 4.92. The topological polar surface area (TPSA) is 67.7 Å². The number of hydrogen-bond acceptors (Lipinski definition) is 2. The quantitative estimate of drug-likeness (QED) is 0.664. The number of nitrogens with one attached hydrogen (secondary N) is 1. The number of benzene rings is 1. The minimum atomic E-state index is -0.384. The maximum atomic E-state index is 13.6. The predicted molar refractivity (Wildman–Crippen MR) is 77.6 cm³/mol. The van der Waals surface area contributed by atoms with Crippen molar-refractivity contribution in [2.45, 2.75) is 33.7 Å². The molecule has 0 amide bonds. The normalized spacial score (nSPS) is 10.8. The molecule has 0 atom stereocenters. The Morgan fingerprint density at radius 2 is 2.05 bits per heavy atom. The van der Waals surface area contributed by atoms with Crippen LogP contribution in [-0.2, 0) is 13.0 Å². The number of nitrogens with two attached hydrogens (primary N) is 1. The first-order chi connectivity index (χ1) is 9.42. The number of nitrogens with zero attached hydrogens (tertiary/aromatic N) is 2. The van der Waals surface area contributed by atoms with E-state index in [1.54, 1.807) is 6.07 Å². The average Bonchev–Trinajstić information content (AvgIpc) is 2.63. The molecular formula is C15H19FN4. The van der Waals surface area contributed by atoms with Crippen LogP contribution in [0.25, 0.3) is 0 Å². The molecule has 2 rings (SSSR count). The SMILES string of the molecule is CCc1c(C)nn(Cc2cc(F)cc(C(=N)N)c2)c1C. The molecule has 0 saturated carbocycles. The van der Waals surface area contributed by atoms with Crippen LogP contribution in [0.4, 0.5) is 4.39 Å². The van der Waals surface area contributed by atoms with Crippen LogP contribution in [0, 0.1) is 25.1 Å². The van der Waals surface area contributed by atoms with Gasteiger partial charge in [-0.25, -0.2) is 4.39 Å². The summed E-state index contributed by atoms with van der Waals surface area (Å²) in [6.45, 7) is 6.57. The summed E-state index contributed by atoms with van der Waals surface area (Å²) in [6.07, 6.45) is 0.930. The summed E-state index contributed by atoms with van der Waals surface area (Å²) in [7, 11) is 0. The fourth-order valence-electron chi connectivity index (χ4n) is 2.47. The lowest BCUT2D eigenvalue weighted by Crippen LogP contribution is -2.13. The van der Waals surface area contributed by atoms with Crippen molar-refractivity contribution in [3.63, 3.8) is 0 Å². The molecular weight excluding hydrogens is 255 g/mol. The number of rotatable bonds is 4. The Morgan fingerprint density at radius 3 is 2.60 bits per heavy atom. The van der Waals surface area contributed by atoms with Gasteiger partial charge in [-0.15, -0.1) is 0 Å². The Balaban J connectivity index is 2.37. The smallest absolute Gasteiger partial charge is 0.124 e. The van der Waals surface area contributed by atoms with Crippen LogP contribution in [0.3, 0.4) is 0 Å². The molecule has 0 aliphatic carbocycles. The van der Waals surface area contributed by atoms with Gasteiger partial charge in [-0.05, 0) is 49.6 Å². The maximum Gasteiger partial charge on any atom is 0.124 e. The zero-order valence-electron chi connectivity index (χ0n) is 12.0. The van der Waals surface area contributed by atoms with Crippen LogP contribution in [0.1, 0.15) is 35.0 Å². The van der Waals surface area contributed by atoms with Gasteiger partial charge in [0.15, 0.2) is 0 Å². The molecule has 0 unspecified atom stereocenters. The highest BCUT2D eigenvalue weighted by atomic mass is 19.1. The van der Waals surface area contributed by atoms with Gasteiger partial charge in [0.25, 0.3) is 0 Å². The molecule has 0 aliphatic heterocycles. The molecule has 1 aromatic carbocycles. The molecule has 0 radical (unpaired) electrons. The fraction of sp³-hybridized carbons (Fsp3) is 0.333. The maximum absolute atomic E-state index is 13.6. The van der Waals surface area contributed by atoms with E-state index in [2.05, 4.69) is 12.0 Å². The number of aromatic nitrogens is 2. The zero-order valence-corrected chi connectivity index (χ0v) is 12.0. The Morgan fingerprint density at radius 1 is 1.35 bits per heavy atom. The standard InChI is InChI=1S/C15H19FN4/c1-4-14-9(2)19-20(10(14)3)8-11-5-12(15(17)18)7-13(16)6-11/h5-7H,4,8H2,1-3H3,(H3,17,18). The van der Waals surface area contributed by atoms with Gasteiger partial charge in [-0.2, -0.15) is 5.10 Å². The second kappa shape index (κ2) is 5.45. The molecule has 20 heavy (non-hydrogen) atoms. The van der Waals surface area contributed by atoms with Gasteiger partial charge in [0.1, 0.15) is 11.7 Å². The van der Waals surface area contributed by atoms with Crippen molar-refractivity contribution < 1.29 is 4.39 Å². The third-order valence-electron chi connectivity index (χ3n) is 3.49. The summed E-state index contributed by atoms with van der Waals surface area (Å²) in [5.74, 6) is -0.515. The van der Waals surface area contributed by atoms with Gasteiger partial charge in [0.05, 0.1) is 12.2 Å². The Hall–Kier alpha value is -2.17. The van der Waals surface area contributed by atoms with Crippen LogP contribution in [0.15, 0.2) is 18.2 Å². The first-order valence-electron chi connectivity index (χ1n) is 6.59. The van der Waals surface area contributed by atoms with Crippen LogP contribution >= 0.6 is 0 Å². The first-order valence-corrected chi connectivity index (χ1v) is 6.59. The van der Waals surface area contributed by atoms with Gasteiger partial charge >= 0.3 is 0 Å². The van der Waals surface area contributed by atoms with Crippen LogP contribution in [0.5, 0.6) is 0 Å². The molecule has 3 N–H and O–H groups in total. The average molecular weight is 274 g/mol. The minimum Gasteiger partial charge on any atom is -0.384 e. The summed E-state index contributed by atoms with van der Waals surface area (Å²) < 4.78 is 15.4. The monoisotopic (exact) mass is 274 g/mol. The van der Waals surface area contributed by atoms with E-state index < -0.39 is 0 Å². The number of halogens is 1. The third kappa shape index (κ3) is 2.71.